The minimum absolute atomic E-state index is 0.0166. The Labute approximate surface area is 122 Å². The van der Waals surface area contributed by atoms with Gasteiger partial charge in [-0.15, -0.1) is 0 Å². The number of hydrogen-bond acceptors (Lipinski definition) is 4. The van der Waals surface area contributed by atoms with E-state index in [0.717, 1.165) is 45.1 Å². The van der Waals surface area contributed by atoms with E-state index in [2.05, 4.69) is 17.9 Å². The van der Waals surface area contributed by atoms with E-state index in [-0.39, 0.29) is 19.9 Å². The van der Waals surface area contributed by atoms with Gasteiger partial charge in [0.05, 0.1) is 0 Å². The van der Waals surface area contributed by atoms with Gasteiger partial charge in [-0.05, 0) is 0 Å². The van der Waals surface area contributed by atoms with Crippen molar-refractivity contribution in [1.29, 1.82) is 0 Å². The van der Waals surface area contributed by atoms with Crippen molar-refractivity contribution in [2.24, 2.45) is 17.8 Å². The van der Waals surface area contributed by atoms with Gasteiger partial charge in [0.1, 0.15) is 0 Å². The van der Waals surface area contributed by atoms with Crippen molar-refractivity contribution in [2.45, 2.75) is 51.5 Å². The monoisotopic (exact) mass is 297 g/mol. The molecule has 4 atom stereocenters. The van der Waals surface area contributed by atoms with Gasteiger partial charge in [-0.1, -0.05) is 0 Å². The molecule has 2 aliphatic rings. The van der Waals surface area contributed by atoms with Gasteiger partial charge in [0.2, 0.25) is 0 Å². The number of rotatable bonds is 4. The Morgan fingerprint density at radius 1 is 1.35 bits per heavy atom. The topological polar surface area (TPSA) is 55.4 Å². The van der Waals surface area contributed by atoms with E-state index < -0.39 is 0 Å². The van der Waals surface area contributed by atoms with Crippen molar-refractivity contribution in [3.05, 3.63) is 0 Å². The fraction of sp³-hybridized carbons (Fsp3) is 0.867. The Morgan fingerprint density at radius 2 is 2.20 bits per heavy atom. The predicted molar refractivity (Wildman–Crippen MR) is 78.1 cm³/mol. The summed E-state index contributed by atoms with van der Waals surface area (Å²) >= 11 is 0. The summed E-state index contributed by atoms with van der Waals surface area (Å²) in [6.45, 7) is 3.52. The molecule has 2 fully saturated rings. The van der Waals surface area contributed by atoms with Gasteiger partial charge >= 0.3 is 121 Å². The van der Waals surface area contributed by atoms with Crippen molar-refractivity contribution < 1.29 is 14.1 Å². The van der Waals surface area contributed by atoms with Gasteiger partial charge in [-0.2, -0.15) is 0 Å². The van der Waals surface area contributed by atoms with Gasteiger partial charge in [-0.3, -0.25) is 0 Å². The van der Waals surface area contributed by atoms with Gasteiger partial charge in [0.15, 0.2) is 0 Å². The van der Waals surface area contributed by atoms with Crippen LogP contribution >= 0.6 is 7.92 Å². The Morgan fingerprint density at radius 3 is 2.95 bits per heavy atom. The van der Waals surface area contributed by atoms with E-state index >= 15 is 0 Å². The van der Waals surface area contributed by atoms with E-state index in [1.54, 1.807) is 0 Å². The SMILES string of the molecule is CCCCOC(=O)C1CC2CC(C#P=O)CCC2CN1. The standard InChI is InChI=1S/C15H24NO3P/c1-2-3-6-19-15(17)14-8-13-7-11(10-20-18)4-5-12(13)9-16-14/h11-14,16H,2-9H2,1H3. The Kier molecular flexibility index (Phi) is 6.35. The van der Waals surface area contributed by atoms with Crippen molar-refractivity contribution in [3.8, 4) is 5.63 Å². The van der Waals surface area contributed by atoms with Gasteiger partial charge in [0.25, 0.3) is 0 Å². The minimum atomic E-state index is -0.156. The number of fused-ring (bicyclic) bond motifs is 1. The Balaban J connectivity index is 1.85. The summed E-state index contributed by atoms with van der Waals surface area (Å²) in [5.74, 6) is 1.41. The average molecular weight is 297 g/mol. The van der Waals surface area contributed by atoms with Crippen molar-refractivity contribution in [1.82, 2.24) is 5.32 Å². The van der Waals surface area contributed by atoms with Crippen LogP contribution in [0.25, 0.3) is 0 Å². The van der Waals surface area contributed by atoms with Crippen LogP contribution in [0.4, 0.5) is 0 Å². The molecule has 112 valence electrons. The van der Waals surface area contributed by atoms with Crippen molar-refractivity contribution in [2.75, 3.05) is 13.2 Å². The average Bonchev–Trinajstić information content (AvgIpc) is 2.47. The van der Waals surface area contributed by atoms with Crippen molar-refractivity contribution in [3.63, 3.8) is 0 Å². The third-order valence-electron chi connectivity index (χ3n) is 4.57. The number of piperidine rings is 1. The second-order valence-electron chi connectivity index (χ2n) is 5.97. The third-order valence-corrected chi connectivity index (χ3v) is 5.04. The maximum atomic E-state index is 12.0. The zero-order valence-corrected chi connectivity index (χ0v) is 13.0. The molecule has 0 spiro atoms. The molecule has 0 bridgehead atoms. The fourth-order valence-electron chi connectivity index (χ4n) is 3.35. The first-order chi connectivity index (χ1) is 9.74. The van der Waals surface area contributed by atoms with Crippen LogP contribution in [0.1, 0.15) is 45.4 Å². The normalized spacial score (nSPS) is 32.9. The Hall–Kier alpha value is -0.560. The van der Waals surface area contributed by atoms with E-state index in [1.165, 1.54) is 0 Å². The van der Waals surface area contributed by atoms with Crippen LogP contribution in [-0.4, -0.2) is 25.2 Å². The molecule has 5 heteroatoms. The van der Waals surface area contributed by atoms with Crippen LogP contribution in [0.3, 0.4) is 0 Å². The van der Waals surface area contributed by atoms with Crippen LogP contribution in [-0.2, 0) is 14.1 Å². The molecule has 4 nitrogen and oxygen atoms in total. The molecule has 1 saturated carbocycles. The summed E-state index contributed by atoms with van der Waals surface area (Å²) in [6.07, 6.45) is 6.05. The van der Waals surface area contributed by atoms with Crippen molar-refractivity contribution >= 4 is 13.9 Å². The van der Waals surface area contributed by atoms with E-state index in [9.17, 15) is 9.36 Å². The van der Waals surface area contributed by atoms with E-state index in [4.69, 9.17) is 4.74 Å². The molecule has 2 rings (SSSR count). The van der Waals surface area contributed by atoms with Crippen LogP contribution in [0.15, 0.2) is 0 Å². The maximum absolute atomic E-state index is 12.0. The second kappa shape index (κ2) is 8.02. The second-order valence-corrected chi connectivity index (χ2v) is 6.41. The first kappa shape index (κ1) is 15.8. The molecular formula is C15H24NO3P. The number of esters is 1. The predicted octanol–water partition coefficient (Wildman–Crippen LogP) is 2.98. The quantitative estimate of drug-likeness (QED) is 0.492. The van der Waals surface area contributed by atoms with Gasteiger partial charge in [-0.25, -0.2) is 0 Å². The zero-order chi connectivity index (χ0) is 14.4. The summed E-state index contributed by atoms with van der Waals surface area (Å²) in [5, 5.41) is 3.33. The molecule has 0 aromatic carbocycles. The summed E-state index contributed by atoms with van der Waals surface area (Å²) in [5.41, 5.74) is 2.98. The summed E-state index contributed by atoms with van der Waals surface area (Å²) < 4.78 is 16.0. The number of carbonyl (C=O) groups excluding carboxylic acids is 1. The molecule has 20 heavy (non-hydrogen) atoms. The first-order valence-corrected chi connectivity index (χ1v) is 8.53. The molecule has 4 unspecified atom stereocenters. The molecule has 1 saturated heterocycles. The fourth-order valence-corrected chi connectivity index (χ4v) is 3.74. The summed E-state index contributed by atoms with van der Waals surface area (Å²) in [6, 6.07) is -0.156. The van der Waals surface area contributed by atoms with Crippen LogP contribution in [0, 0.1) is 23.4 Å². The molecule has 1 heterocycles. The molecule has 1 aliphatic heterocycles. The van der Waals surface area contributed by atoms with E-state index in [0.29, 0.717) is 24.4 Å². The molecule has 1 aliphatic carbocycles. The molecule has 0 amide bonds. The van der Waals surface area contributed by atoms with Crippen LogP contribution in [0.2, 0.25) is 0 Å². The third kappa shape index (κ3) is 4.22. The van der Waals surface area contributed by atoms with Gasteiger partial charge in [0, 0.05) is 0 Å². The van der Waals surface area contributed by atoms with E-state index in [1.807, 2.05) is 0 Å². The Bertz CT molecular complexity index is 433. The zero-order valence-electron chi connectivity index (χ0n) is 12.1. The first-order valence-electron chi connectivity index (χ1n) is 7.72. The molecule has 1 N–H and O–H groups in total. The van der Waals surface area contributed by atoms with Crippen LogP contribution < -0.4 is 5.32 Å². The number of nitrogens with one attached hydrogen (secondary N) is 1. The number of hydrogen-bond donors (Lipinski definition) is 1. The molecule has 0 radical (unpaired) electrons. The molecule has 0 aromatic heterocycles. The van der Waals surface area contributed by atoms with Gasteiger partial charge < -0.3 is 0 Å². The number of unbranched alkanes of at least 4 members (excludes halogenated alkanes) is 1. The number of ether oxygens (including phenoxy) is 1. The molecule has 0 aromatic rings. The molecular weight excluding hydrogens is 273 g/mol. The summed E-state index contributed by atoms with van der Waals surface area (Å²) in [7, 11) is 0.0166. The number of carbonyl (C=O) groups is 1. The van der Waals surface area contributed by atoms with Crippen LogP contribution in [0.5, 0.6) is 0 Å². The summed E-state index contributed by atoms with van der Waals surface area (Å²) in [4.78, 5) is 12.0.